The van der Waals surface area contributed by atoms with E-state index < -0.39 is 0 Å². The quantitative estimate of drug-likeness (QED) is 0.899. The summed E-state index contributed by atoms with van der Waals surface area (Å²) in [5.74, 6) is 1.27. The Hall–Kier alpha value is -1.48. The summed E-state index contributed by atoms with van der Waals surface area (Å²) in [4.78, 5) is 0. The fourth-order valence-electron chi connectivity index (χ4n) is 2.41. The van der Waals surface area contributed by atoms with Gasteiger partial charge in [-0.2, -0.15) is 0 Å². The Morgan fingerprint density at radius 2 is 2.00 bits per heavy atom. The molecule has 2 aromatic rings. The average molecular weight is 246 g/mol. The number of nitrogens with zero attached hydrogens (tertiary/aromatic N) is 1. The first kappa shape index (κ1) is 13.0. The van der Waals surface area contributed by atoms with Crippen molar-refractivity contribution in [3.05, 3.63) is 30.0 Å². The minimum absolute atomic E-state index is 0.337. The van der Waals surface area contributed by atoms with Gasteiger partial charge in [-0.05, 0) is 44.0 Å². The number of hydrogen-bond acceptors (Lipinski definition) is 2. The van der Waals surface area contributed by atoms with E-state index in [0.717, 1.165) is 5.75 Å². The van der Waals surface area contributed by atoms with E-state index in [1.54, 1.807) is 7.11 Å². The molecular formula is C15H22N2O. The molecule has 18 heavy (non-hydrogen) atoms. The van der Waals surface area contributed by atoms with Crippen LogP contribution in [0.4, 0.5) is 0 Å². The third-order valence-electron chi connectivity index (χ3n) is 3.51. The van der Waals surface area contributed by atoms with E-state index in [9.17, 15) is 0 Å². The van der Waals surface area contributed by atoms with Crippen molar-refractivity contribution in [1.82, 2.24) is 4.57 Å². The van der Waals surface area contributed by atoms with Crippen LogP contribution in [-0.4, -0.2) is 18.2 Å². The van der Waals surface area contributed by atoms with E-state index in [1.165, 1.54) is 16.5 Å². The maximum Gasteiger partial charge on any atom is 0.128 e. The number of benzene rings is 1. The van der Waals surface area contributed by atoms with Crippen LogP contribution in [0.15, 0.2) is 24.4 Å². The highest BCUT2D eigenvalue weighted by molar-refractivity contribution is 5.90. The van der Waals surface area contributed by atoms with Crippen LogP contribution >= 0.6 is 0 Å². The second kappa shape index (κ2) is 5.02. The third-order valence-corrected chi connectivity index (χ3v) is 3.51. The summed E-state index contributed by atoms with van der Waals surface area (Å²) in [6.07, 6.45) is 2.22. The Kier molecular flexibility index (Phi) is 3.62. The summed E-state index contributed by atoms with van der Waals surface area (Å²) in [6.45, 7) is 7.19. The van der Waals surface area contributed by atoms with Gasteiger partial charge in [0, 0.05) is 17.6 Å². The van der Waals surface area contributed by atoms with Crippen molar-refractivity contribution in [3.8, 4) is 5.75 Å². The van der Waals surface area contributed by atoms with Gasteiger partial charge < -0.3 is 15.0 Å². The normalized spacial score (nSPS) is 13.2. The summed E-state index contributed by atoms with van der Waals surface area (Å²) in [5.41, 5.74) is 8.32. The maximum absolute atomic E-state index is 5.82. The van der Waals surface area contributed by atoms with Crippen LogP contribution in [0.3, 0.4) is 0 Å². The molecule has 0 aliphatic carbocycles. The first-order valence-electron chi connectivity index (χ1n) is 6.47. The molecule has 0 radical (unpaired) electrons. The van der Waals surface area contributed by atoms with E-state index in [-0.39, 0.29) is 0 Å². The highest BCUT2D eigenvalue weighted by Crippen LogP contribution is 2.35. The molecule has 0 bridgehead atoms. The first-order chi connectivity index (χ1) is 8.60. The van der Waals surface area contributed by atoms with Gasteiger partial charge in [0.05, 0.1) is 12.6 Å². The summed E-state index contributed by atoms with van der Waals surface area (Å²) >= 11 is 0. The van der Waals surface area contributed by atoms with Crippen molar-refractivity contribution < 1.29 is 4.74 Å². The highest BCUT2D eigenvalue weighted by atomic mass is 16.5. The molecule has 3 heteroatoms. The van der Waals surface area contributed by atoms with Crippen LogP contribution in [0.25, 0.3) is 10.9 Å². The monoisotopic (exact) mass is 246 g/mol. The molecule has 0 saturated carbocycles. The molecule has 3 nitrogen and oxygen atoms in total. The van der Waals surface area contributed by atoms with E-state index in [4.69, 9.17) is 10.5 Å². The smallest absolute Gasteiger partial charge is 0.128 e. The molecule has 98 valence electrons. The number of fused-ring (bicyclic) bond motifs is 1. The van der Waals surface area contributed by atoms with E-state index in [1.807, 2.05) is 12.1 Å². The number of nitrogens with two attached hydrogens (primary N) is 1. The molecule has 1 unspecified atom stereocenters. The summed E-state index contributed by atoms with van der Waals surface area (Å²) in [6, 6.07) is 6.62. The fraction of sp³-hybridized carbons (Fsp3) is 0.467. The number of aromatic nitrogens is 1. The molecule has 0 saturated heterocycles. The van der Waals surface area contributed by atoms with E-state index in [2.05, 4.69) is 37.6 Å². The molecule has 2 rings (SSSR count). The van der Waals surface area contributed by atoms with E-state index >= 15 is 0 Å². The van der Waals surface area contributed by atoms with Crippen LogP contribution in [0.2, 0.25) is 0 Å². The number of rotatable bonds is 4. The second-order valence-electron chi connectivity index (χ2n) is 5.08. The lowest BCUT2D eigenvalue weighted by molar-refractivity contribution is 0.419. The van der Waals surface area contributed by atoms with E-state index in [0.29, 0.717) is 18.5 Å². The molecule has 1 aromatic heterocycles. The third kappa shape index (κ3) is 1.99. The molecule has 0 aliphatic rings. The molecule has 1 heterocycles. The summed E-state index contributed by atoms with van der Waals surface area (Å²) in [7, 11) is 1.72. The predicted molar refractivity (Wildman–Crippen MR) is 76.3 cm³/mol. The Labute approximate surface area is 109 Å². The number of hydrogen-bond donors (Lipinski definition) is 1. The zero-order chi connectivity index (χ0) is 13.3. The molecule has 0 fully saturated rings. The van der Waals surface area contributed by atoms with Crippen LogP contribution in [0.5, 0.6) is 5.75 Å². The zero-order valence-corrected chi connectivity index (χ0v) is 11.6. The van der Waals surface area contributed by atoms with Crippen molar-refractivity contribution in [2.45, 2.75) is 32.7 Å². The zero-order valence-electron chi connectivity index (χ0n) is 11.6. The predicted octanol–water partition coefficient (Wildman–Crippen LogP) is 3.29. The van der Waals surface area contributed by atoms with Gasteiger partial charge in [-0.25, -0.2) is 0 Å². The van der Waals surface area contributed by atoms with Gasteiger partial charge in [0.25, 0.3) is 0 Å². The maximum atomic E-state index is 5.82. The lowest BCUT2D eigenvalue weighted by Gasteiger charge is -2.09. The molecule has 1 atom stereocenters. The molecule has 0 amide bonds. The van der Waals surface area contributed by atoms with Gasteiger partial charge in [0.2, 0.25) is 0 Å². The van der Waals surface area contributed by atoms with Gasteiger partial charge in [0.1, 0.15) is 5.75 Å². The molecule has 1 aromatic carbocycles. The van der Waals surface area contributed by atoms with Gasteiger partial charge in [0.15, 0.2) is 0 Å². The number of ether oxygens (including phenoxy) is 1. The van der Waals surface area contributed by atoms with Gasteiger partial charge in [-0.3, -0.25) is 0 Å². The highest BCUT2D eigenvalue weighted by Gasteiger charge is 2.17. The van der Waals surface area contributed by atoms with Gasteiger partial charge in [-0.15, -0.1) is 0 Å². The van der Waals surface area contributed by atoms with Gasteiger partial charge >= 0.3 is 0 Å². The minimum Gasteiger partial charge on any atom is -0.496 e. The molecule has 0 spiro atoms. The van der Waals surface area contributed by atoms with Crippen LogP contribution in [0.1, 0.15) is 38.3 Å². The standard InChI is InChI=1S/C15H22N2O/c1-10(2)17-9-12(11(3)8-16)15-13(17)6-5-7-14(15)18-4/h5-7,9-11H,8,16H2,1-4H3. The molecular weight excluding hydrogens is 224 g/mol. The van der Waals surface area contributed by atoms with Crippen molar-refractivity contribution in [3.63, 3.8) is 0 Å². The summed E-state index contributed by atoms with van der Waals surface area (Å²) < 4.78 is 7.79. The fourth-order valence-corrected chi connectivity index (χ4v) is 2.41. The lowest BCUT2D eigenvalue weighted by Crippen LogP contribution is -2.08. The first-order valence-corrected chi connectivity index (χ1v) is 6.47. The largest absolute Gasteiger partial charge is 0.496 e. The molecule has 2 N–H and O–H groups in total. The Morgan fingerprint density at radius 1 is 1.28 bits per heavy atom. The van der Waals surface area contributed by atoms with Crippen LogP contribution in [-0.2, 0) is 0 Å². The topological polar surface area (TPSA) is 40.2 Å². The Bertz CT molecular complexity index is 543. The van der Waals surface area contributed by atoms with Crippen LogP contribution in [0, 0.1) is 0 Å². The Morgan fingerprint density at radius 3 is 2.56 bits per heavy atom. The van der Waals surface area contributed by atoms with Crippen molar-refractivity contribution >= 4 is 10.9 Å². The minimum atomic E-state index is 0.337. The van der Waals surface area contributed by atoms with Crippen molar-refractivity contribution in [2.24, 2.45) is 5.73 Å². The van der Waals surface area contributed by atoms with Crippen molar-refractivity contribution in [2.75, 3.05) is 13.7 Å². The molecule has 0 aliphatic heterocycles. The second-order valence-corrected chi connectivity index (χ2v) is 5.08. The number of methoxy groups -OCH3 is 1. The Balaban J connectivity index is 2.76. The lowest BCUT2D eigenvalue weighted by atomic mass is 10.0. The van der Waals surface area contributed by atoms with Gasteiger partial charge in [-0.1, -0.05) is 13.0 Å². The SMILES string of the molecule is COc1cccc2c1c(C(C)CN)cn2C(C)C. The average Bonchev–Trinajstić information content (AvgIpc) is 2.77. The van der Waals surface area contributed by atoms with Crippen LogP contribution < -0.4 is 10.5 Å². The van der Waals surface area contributed by atoms with Crippen molar-refractivity contribution in [1.29, 1.82) is 0 Å². The summed E-state index contributed by atoms with van der Waals surface area (Å²) in [5, 5.41) is 1.20.